The minimum Gasteiger partial charge on any atom is -0.487 e. The number of nitrogens with one attached hydrogen (secondary N) is 2. The van der Waals surface area contributed by atoms with Gasteiger partial charge in [0, 0.05) is 45.7 Å². The molecule has 2 N–H and O–H groups in total. The van der Waals surface area contributed by atoms with Crippen molar-refractivity contribution in [3.05, 3.63) is 80.0 Å². The molecular formula is C25H24FIN4O3. The van der Waals surface area contributed by atoms with Crippen LogP contribution in [0.25, 0.3) is 21.8 Å². The third-order valence-corrected chi connectivity index (χ3v) is 6.26. The van der Waals surface area contributed by atoms with Crippen molar-refractivity contribution in [1.82, 2.24) is 20.2 Å². The van der Waals surface area contributed by atoms with Crippen LogP contribution in [0.3, 0.4) is 0 Å². The van der Waals surface area contributed by atoms with Gasteiger partial charge in [-0.05, 0) is 71.6 Å². The molecule has 0 atom stereocenters. The Hall–Kier alpha value is -3.05. The number of carbonyl (C=O) groups excluding carboxylic acids is 1. The molecule has 2 heterocycles. The van der Waals surface area contributed by atoms with Crippen molar-refractivity contribution < 1.29 is 13.9 Å². The summed E-state index contributed by atoms with van der Waals surface area (Å²) in [7, 11) is 0. The Morgan fingerprint density at radius 3 is 2.82 bits per heavy atom. The third-order valence-electron chi connectivity index (χ3n) is 5.59. The van der Waals surface area contributed by atoms with Crippen molar-refractivity contribution in [1.29, 1.82) is 0 Å². The van der Waals surface area contributed by atoms with E-state index in [0.717, 1.165) is 10.1 Å². The van der Waals surface area contributed by atoms with Crippen molar-refractivity contribution in [2.45, 2.75) is 6.92 Å². The highest BCUT2D eigenvalue weighted by molar-refractivity contribution is 14.1. The van der Waals surface area contributed by atoms with E-state index in [4.69, 9.17) is 4.74 Å². The second-order valence-corrected chi connectivity index (χ2v) is 8.95. The Kier molecular flexibility index (Phi) is 7.73. The summed E-state index contributed by atoms with van der Waals surface area (Å²) in [4.78, 5) is 34.8. The zero-order valence-electron chi connectivity index (χ0n) is 18.6. The number of fused-ring (bicyclic) bond motifs is 2. The van der Waals surface area contributed by atoms with Gasteiger partial charge in [-0.1, -0.05) is 13.0 Å². The van der Waals surface area contributed by atoms with Gasteiger partial charge < -0.3 is 15.0 Å². The van der Waals surface area contributed by atoms with Gasteiger partial charge in [0.1, 0.15) is 6.61 Å². The molecule has 0 aliphatic carbocycles. The van der Waals surface area contributed by atoms with E-state index in [1.54, 1.807) is 24.3 Å². The molecule has 0 aliphatic heterocycles. The number of H-pyrrole nitrogens is 1. The molecule has 1 amide bonds. The number of nitrogens with zero attached hydrogens (tertiary/aromatic N) is 2. The highest BCUT2D eigenvalue weighted by Gasteiger charge is 2.14. The molecule has 0 saturated carbocycles. The van der Waals surface area contributed by atoms with Crippen molar-refractivity contribution in [2.75, 3.05) is 32.8 Å². The zero-order valence-corrected chi connectivity index (χ0v) is 20.8. The predicted octanol–water partition coefficient (Wildman–Crippen LogP) is 3.95. The molecule has 0 fully saturated rings. The molecule has 4 aromatic rings. The number of halogens is 2. The number of aromatic nitrogens is 2. The van der Waals surface area contributed by atoms with E-state index in [0.29, 0.717) is 53.6 Å². The average molecular weight is 572 g/mol. The Bertz CT molecular complexity index is 1390. The molecule has 9 heteroatoms. The van der Waals surface area contributed by atoms with Crippen molar-refractivity contribution >= 4 is 50.3 Å². The van der Waals surface area contributed by atoms with Gasteiger partial charge in [0.2, 0.25) is 0 Å². The van der Waals surface area contributed by atoms with E-state index < -0.39 is 5.95 Å². The number of ether oxygens (including phenoxy) is 1. The van der Waals surface area contributed by atoms with Gasteiger partial charge >= 0.3 is 0 Å². The molecule has 2 aromatic heterocycles. The number of para-hydroxylation sites is 1. The first-order valence-electron chi connectivity index (χ1n) is 11.0. The predicted molar refractivity (Wildman–Crippen MR) is 139 cm³/mol. The molecule has 0 saturated heterocycles. The standard InChI is InChI=1S/C25H24FIN4O3/c1-2-31(13-14-34-21-7-4-10-28-24(21)26)12-11-29-25(33)18-6-3-5-17-22(18)30-20-9-8-16(27)15-19(20)23(17)32/h3-10,15H,2,11-14H2,1H3,(H,29,33)(H,30,32)/i27-2. The maximum absolute atomic E-state index is 13.6. The topological polar surface area (TPSA) is 87.3 Å². The van der Waals surface area contributed by atoms with Crippen LogP contribution in [-0.4, -0.2) is 53.6 Å². The summed E-state index contributed by atoms with van der Waals surface area (Å²) in [6.07, 6.45) is 1.37. The maximum Gasteiger partial charge on any atom is 0.255 e. The number of amides is 1. The van der Waals surface area contributed by atoms with E-state index in [9.17, 15) is 14.0 Å². The lowest BCUT2D eigenvalue weighted by atomic mass is 10.1. The molecule has 0 radical (unpaired) electrons. The highest BCUT2D eigenvalue weighted by Crippen LogP contribution is 2.20. The normalized spacial score (nSPS) is 11.3. The molecule has 2 aromatic carbocycles. The average Bonchev–Trinajstić information content (AvgIpc) is 2.84. The van der Waals surface area contributed by atoms with E-state index in [1.807, 2.05) is 25.1 Å². The first-order chi connectivity index (χ1) is 16.5. The highest BCUT2D eigenvalue weighted by atomic mass is 125. The summed E-state index contributed by atoms with van der Waals surface area (Å²) in [5.74, 6) is -0.761. The van der Waals surface area contributed by atoms with Crippen molar-refractivity contribution in [3.63, 3.8) is 0 Å². The van der Waals surface area contributed by atoms with Crippen LogP contribution in [0.1, 0.15) is 17.3 Å². The molecule has 4 rings (SSSR count). The summed E-state index contributed by atoms with van der Waals surface area (Å²) in [5, 5.41) is 4.02. The molecule has 0 aliphatic rings. The molecule has 0 unspecified atom stereocenters. The van der Waals surface area contributed by atoms with Gasteiger partial charge in [-0.15, -0.1) is 0 Å². The fourth-order valence-electron chi connectivity index (χ4n) is 3.77. The molecule has 176 valence electrons. The van der Waals surface area contributed by atoms with Gasteiger partial charge in [0.05, 0.1) is 11.1 Å². The number of likely N-dealkylation sites (N-methyl/N-ethyl adjacent to an activating group) is 1. The summed E-state index contributed by atoms with van der Waals surface area (Å²) >= 11 is 2.17. The minimum atomic E-state index is -0.631. The summed E-state index contributed by atoms with van der Waals surface area (Å²) in [5.41, 5.74) is 1.55. The number of pyridine rings is 2. The second-order valence-electron chi connectivity index (χ2n) is 7.70. The van der Waals surface area contributed by atoms with Crippen LogP contribution in [0.15, 0.2) is 59.5 Å². The molecular weight excluding hydrogens is 548 g/mol. The van der Waals surface area contributed by atoms with Crippen LogP contribution in [-0.2, 0) is 0 Å². The van der Waals surface area contributed by atoms with Crippen molar-refractivity contribution in [3.8, 4) is 5.75 Å². The summed E-state index contributed by atoms with van der Waals surface area (Å²) in [6.45, 7) is 4.66. The quantitative estimate of drug-likeness (QED) is 0.180. The lowest BCUT2D eigenvalue weighted by Crippen LogP contribution is -2.37. The molecule has 0 spiro atoms. The van der Waals surface area contributed by atoms with Gasteiger partial charge in [-0.25, -0.2) is 4.98 Å². The van der Waals surface area contributed by atoms with Crippen molar-refractivity contribution in [2.24, 2.45) is 0 Å². The largest absolute Gasteiger partial charge is 0.487 e. The van der Waals surface area contributed by atoms with Gasteiger partial charge in [0.15, 0.2) is 11.2 Å². The molecule has 34 heavy (non-hydrogen) atoms. The molecule has 0 bridgehead atoms. The lowest BCUT2D eigenvalue weighted by Gasteiger charge is -2.20. The number of hydrogen-bond donors (Lipinski definition) is 2. The lowest BCUT2D eigenvalue weighted by molar-refractivity contribution is 0.0949. The van der Waals surface area contributed by atoms with Crippen LogP contribution >= 0.6 is 22.6 Å². The Balaban J connectivity index is 1.40. The minimum absolute atomic E-state index is 0.0980. The summed E-state index contributed by atoms with van der Waals surface area (Å²) < 4.78 is 20.0. The van der Waals surface area contributed by atoms with Gasteiger partial charge in [0.25, 0.3) is 11.9 Å². The Morgan fingerprint density at radius 1 is 1.18 bits per heavy atom. The van der Waals surface area contributed by atoms with Crippen LogP contribution in [0, 0.1) is 9.52 Å². The first kappa shape index (κ1) is 24.1. The smallest absolute Gasteiger partial charge is 0.255 e. The number of carbonyl (C=O) groups is 1. The molecule has 7 nitrogen and oxygen atoms in total. The van der Waals surface area contributed by atoms with E-state index in [1.165, 1.54) is 12.3 Å². The SMILES string of the molecule is CCN(CCNC(=O)c1cccc2c(=O)c3cc([125I])ccc3[nH]c12)CCOc1cccnc1F. The van der Waals surface area contributed by atoms with Gasteiger partial charge in [-0.2, -0.15) is 4.39 Å². The number of rotatable bonds is 9. The second kappa shape index (κ2) is 10.9. The van der Waals surface area contributed by atoms with E-state index in [2.05, 4.69) is 42.8 Å². The zero-order chi connectivity index (χ0) is 24.1. The summed E-state index contributed by atoms with van der Waals surface area (Å²) in [6, 6.07) is 13.9. The number of benzene rings is 2. The van der Waals surface area contributed by atoms with E-state index >= 15 is 0 Å². The third kappa shape index (κ3) is 5.36. The van der Waals surface area contributed by atoms with Gasteiger partial charge in [-0.3, -0.25) is 14.5 Å². The van der Waals surface area contributed by atoms with Crippen LogP contribution in [0.2, 0.25) is 0 Å². The number of aromatic amines is 1. The van der Waals surface area contributed by atoms with Crippen LogP contribution in [0.4, 0.5) is 4.39 Å². The monoisotopic (exact) mass is 572 g/mol. The maximum atomic E-state index is 13.6. The van der Waals surface area contributed by atoms with Crippen LogP contribution in [0.5, 0.6) is 5.75 Å². The number of hydrogen-bond acceptors (Lipinski definition) is 5. The van der Waals surface area contributed by atoms with Crippen LogP contribution < -0.4 is 15.5 Å². The van der Waals surface area contributed by atoms with E-state index in [-0.39, 0.29) is 17.1 Å². The first-order valence-corrected chi connectivity index (χ1v) is 12.0. The fourth-order valence-corrected chi connectivity index (χ4v) is 4.26. The Morgan fingerprint density at radius 2 is 2.03 bits per heavy atom. The Labute approximate surface area is 209 Å². The fraction of sp³-hybridized carbons (Fsp3) is 0.240.